The van der Waals surface area contributed by atoms with Crippen LogP contribution in [0.1, 0.15) is 49.9 Å². The van der Waals surface area contributed by atoms with E-state index in [2.05, 4.69) is 31.3 Å². The van der Waals surface area contributed by atoms with E-state index >= 15 is 0 Å². The highest BCUT2D eigenvalue weighted by Gasteiger charge is 2.19. The second-order valence-electron chi connectivity index (χ2n) is 6.27. The van der Waals surface area contributed by atoms with Gasteiger partial charge in [0, 0.05) is 23.7 Å². The van der Waals surface area contributed by atoms with Crippen molar-refractivity contribution >= 4 is 10.9 Å². The van der Waals surface area contributed by atoms with Gasteiger partial charge in [0.05, 0.1) is 7.11 Å². The van der Waals surface area contributed by atoms with Crippen molar-refractivity contribution in [2.75, 3.05) is 7.11 Å². The quantitative estimate of drug-likeness (QED) is 0.905. The van der Waals surface area contributed by atoms with E-state index in [4.69, 9.17) is 9.72 Å². The molecule has 1 aliphatic carbocycles. The fourth-order valence-electron chi connectivity index (χ4n) is 3.30. The molecule has 118 valence electrons. The first-order valence-corrected chi connectivity index (χ1v) is 8.45. The number of ether oxygens (including phenoxy) is 1. The summed E-state index contributed by atoms with van der Waals surface area (Å²) in [4.78, 5) is 4.94. The van der Waals surface area contributed by atoms with Crippen LogP contribution in [0, 0.1) is 0 Å². The van der Waals surface area contributed by atoms with E-state index in [9.17, 15) is 0 Å². The molecule has 0 amide bonds. The summed E-state index contributed by atoms with van der Waals surface area (Å²) in [6.07, 6.45) is 5.93. The fraction of sp³-hybridized carbons (Fsp3) is 0.526. The van der Waals surface area contributed by atoms with Gasteiger partial charge in [0.25, 0.3) is 0 Å². The van der Waals surface area contributed by atoms with E-state index in [1.54, 1.807) is 7.11 Å². The molecule has 3 nitrogen and oxygen atoms in total. The number of para-hydroxylation sites is 1. The highest BCUT2D eigenvalue weighted by Crippen LogP contribution is 2.33. The average Bonchev–Trinajstić information content (AvgIpc) is 2.57. The van der Waals surface area contributed by atoms with Crippen LogP contribution in [0.15, 0.2) is 18.2 Å². The maximum absolute atomic E-state index is 5.54. The lowest BCUT2D eigenvalue weighted by atomic mass is 9.89. The number of hydrogen-bond donors (Lipinski definition) is 1. The van der Waals surface area contributed by atoms with E-state index in [0.29, 0.717) is 6.04 Å². The third kappa shape index (κ3) is 2.82. The molecule has 1 heterocycles. The SMILES string of the molecule is CCC(C)NCc1c2c(nc3c(OC)cccc13)CCCC2. The summed E-state index contributed by atoms with van der Waals surface area (Å²) in [5.41, 5.74) is 5.21. The van der Waals surface area contributed by atoms with E-state index in [0.717, 1.165) is 37.1 Å². The van der Waals surface area contributed by atoms with E-state index in [-0.39, 0.29) is 0 Å². The summed E-state index contributed by atoms with van der Waals surface area (Å²) in [6, 6.07) is 6.81. The largest absolute Gasteiger partial charge is 0.494 e. The summed E-state index contributed by atoms with van der Waals surface area (Å²) >= 11 is 0. The first kappa shape index (κ1) is 15.3. The number of aryl methyl sites for hydroxylation is 1. The number of methoxy groups -OCH3 is 1. The Morgan fingerprint density at radius 3 is 2.86 bits per heavy atom. The molecule has 1 atom stereocenters. The Labute approximate surface area is 133 Å². The topological polar surface area (TPSA) is 34.2 Å². The van der Waals surface area contributed by atoms with Gasteiger partial charge in [-0.25, -0.2) is 4.98 Å². The Morgan fingerprint density at radius 1 is 1.27 bits per heavy atom. The number of benzene rings is 1. The number of fused-ring (bicyclic) bond motifs is 2. The summed E-state index contributed by atoms with van der Waals surface area (Å²) in [7, 11) is 1.73. The minimum absolute atomic E-state index is 0.535. The van der Waals surface area contributed by atoms with Crippen LogP contribution in [-0.2, 0) is 19.4 Å². The number of pyridine rings is 1. The molecule has 1 aliphatic rings. The van der Waals surface area contributed by atoms with Gasteiger partial charge in [-0.05, 0) is 56.2 Å². The zero-order valence-electron chi connectivity index (χ0n) is 13.9. The maximum atomic E-state index is 5.54. The molecule has 2 aromatic rings. The smallest absolute Gasteiger partial charge is 0.145 e. The minimum atomic E-state index is 0.535. The average molecular weight is 298 g/mol. The predicted molar refractivity (Wildman–Crippen MR) is 91.5 cm³/mol. The summed E-state index contributed by atoms with van der Waals surface area (Å²) < 4.78 is 5.54. The van der Waals surface area contributed by atoms with Crippen molar-refractivity contribution in [1.29, 1.82) is 0 Å². The van der Waals surface area contributed by atoms with Crippen LogP contribution in [0.25, 0.3) is 10.9 Å². The third-order valence-corrected chi connectivity index (χ3v) is 4.83. The zero-order chi connectivity index (χ0) is 15.5. The van der Waals surface area contributed by atoms with Gasteiger partial charge in [-0.3, -0.25) is 0 Å². The van der Waals surface area contributed by atoms with Crippen molar-refractivity contribution in [2.24, 2.45) is 0 Å². The van der Waals surface area contributed by atoms with Crippen molar-refractivity contribution in [3.63, 3.8) is 0 Å². The van der Waals surface area contributed by atoms with Gasteiger partial charge in [0.15, 0.2) is 0 Å². The zero-order valence-corrected chi connectivity index (χ0v) is 13.9. The summed E-state index contributed by atoms with van der Waals surface area (Å²) in [5.74, 6) is 0.885. The van der Waals surface area contributed by atoms with Crippen molar-refractivity contribution in [1.82, 2.24) is 10.3 Å². The molecule has 0 radical (unpaired) electrons. The summed E-state index contributed by atoms with van der Waals surface area (Å²) in [6.45, 7) is 5.39. The Balaban J connectivity index is 2.13. The van der Waals surface area contributed by atoms with Gasteiger partial charge in [-0.1, -0.05) is 19.1 Å². The molecule has 3 heteroatoms. The Kier molecular flexibility index (Phi) is 4.63. The number of nitrogens with zero attached hydrogens (tertiary/aromatic N) is 1. The van der Waals surface area contributed by atoms with Gasteiger partial charge in [0.2, 0.25) is 0 Å². The Hall–Kier alpha value is -1.61. The van der Waals surface area contributed by atoms with Gasteiger partial charge >= 0.3 is 0 Å². The van der Waals surface area contributed by atoms with Crippen molar-refractivity contribution in [3.8, 4) is 5.75 Å². The normalized spacial score (nSPS) is 15.6. The Bertz CT molecular complexity index is 666. The van der Waals surface area contributed by atoms with Crippen LogP contribution in [0.3, 0.4) is 0 Å². The van der Waals surface area contributed by atoms with Gasteiger partial charge in [-0.15, -0.1) is 0 Å². The molecule has 3 rings (SSSR count). The monoisotopic (exact) mass is 298 g/mol. The fourth-order valence-corrected chi connectivity index (χ4v) is 3.30. The molecule has 0 aliphatic heterocycles. The molecular weight excluding hydrogens is 272 g/mol. The van der Waals surface area contributed by atoms with E-state index in [1.165, 1.54) is 35.0 Å². The van der Waals surface area contributed by atoms with Crippen LogP contribution < -0.4 is 10.1 Å². The molecule has 1 aromatic heterocycles. The lowest BCUT2D eigenvalue weighted by Crippen LogP contribution is -2.26. The third-order valence-electron chi connectivity index (χ3n) is 4.83. The predicted octanol–water partition coefficient (Wildman–Crippen LogP) is 4.01. The second kappa shape index (κ2) is 6.66. The van der Waals surface area contributed by atoms with Crippen molar-refractivity contribution in [2.45, 2.75) is 58.5 Å². The minimum Gasteiger partial charge on any atom is -0.494 e. The molecule has 1 unspecified atom stereocenters. The van der Waals surface area contributed by atoms with E-state index < -0.39 is 0 Å². The van der Waals surface area contributed by atoms with Gasteiger partial charge in [0.1, 0.15) is 11.3 Å². The molecule has 0 saturated carbocycles. The first-order valence-electron chi connectivity index (χ1n) is 8.45. The number of hydrogen-bond acceptors (Lipinski definition) is 3. The second-order valence-corrected chi connectivity index (χ2v) is 6.27. The lowest BCUT2D eigenvalue weighted by Gasteiger charge is -2.23. The molecule has 22 heavy (non-hydrogen) atoms. The number of aromatic nitrogens is 1. The molecule has 1 N–H and O–H groups in total. The molecular formula is C19H26N2O. The Morgan fingerprint density at radius 2 is 2.09 bits per heavy atom. The first-order chi connectivity index (χ1) is 10.7. The summed E-state index contributed by atoms with van der Waals surface area (Å²) in [5, 5.41) is 4.91. The van der Waals surface area contributed by atoms with Crippen molar-refractivity contribution in [3.05, 3.63) is 35.0 Å². The molecule has 0 saturated heterocycles. The highest BCUT2D eigenvalue weighted by atomic mass is 16.5. The van der Waals surface area contributed by atoms with Crippen LogP contribution in [0.2, 0.25) is 0 Å². The van der Waals surface area contributed by atoms with Crippen LogP contribution in [-0.4, -0.2) is 18.1 Å². The van der Waals surface area contributed by atoms with Crippen LogP contribution in [0.4, 0.5) is 0 Å². The van der Waals surface area contributed by atoms with Crippen LogP contribution in [0.5, 0.6) is 5.75 Å². The lowest BCUT2D eigenvalue weighted by molar-refractivity contribution is 0.418. The molecule has 0 fully saturated rings. The highest BCUT2D eigenvalue weighted by molar-refractivity contribution is 5.88. The number of nitrogens with one attached hydrogen (secondary N) is 1. The molecule has 1 aromatic carbocycles. The number of rotatable bonds is 5. The van der Waals surface area contributed by atoms with Gasteiger partial charge < -0.3 is 10.1 Å². The molecule has 0 bridgehead atoms. The van der Waals surface area contributed by atoms with Crippen molar-refractivity contribution < 1.29 is 4.74 Å². The molecule has 0 spiro atoms. The van der Waals surface area contributed by atoms with E-state index in [1.807, 2.05) is 6.07 Å². The van der Waals surface area contributed by atoms with Gasteiger partial charge in [-0.2, -0.15) is 0 Å². The standard InChI is InChI=1S/C19H26N2O/c1-4-13(2)20-12-16-14-8-5-6-10-17(14)21-19-15(16)9-7-11-18(19)22-3/h7,9,11,13,20H,4-6,8,10,12H2,1-3H3. The van der Waals surface area contributed by atoms with Crippen LogP contribution >= 0.6 is 0 Å². The maximum Gasteiger partial charge on any atom is 0.145 e.